The molecule has 4 radical (unpaired) electrons. The van der Waals surface area contributed by atoms with Crippen LogP contribution >= 0.6 is 0 Å². The third-order valence-corrected chi connectivity index (χ3v) is 0.455. The van der Waals surface area contributed by atoms with Gasteiger partial charge in [-0.25, -0.2) is 0 Å². The molecule has 0 aliphatic carbocycles. The van der Waals surface area contributed by atoms with Crippen LogP contribution in [0, 0.1) is 0 Å². The van der Waals surface area contributed by atoms with Crippen LogP contribution in [-0.4, -0.2) is 15.1 Å². The van der Waals surface area contributed by atoms with Crippen LogP contribution in [0.1, 0.15) is 0 Å². The quantitative estimate of drug-likeness (QED) is 0.416. The SMILES string of the molecule is [B]CC[B-]C. The van der Waals surface area contributed by atoms with E-state index >= 15 is 0 Å². The number of rotatable bonds is 2. The van der Waals surface area contributed by atoms with E-state index in [4.69, 9.17) is 7.85 Å². The summed E-state index contributed by atoms with van der Waals surface area (Å²) in [5.74, 6) is 0. The zero-order valence-electron chi connectivity index (χ0n) is 3.57. The van der Waals surface area contributed by atoms with E-state index in [1.165, 1.54) is 0 Å². The summed E-state index contributed by atoms with van der Waals surface area (Å²) in [5.41, 5.74) is 0. The highest BCUT2D eigenvalue weighted by Gasteiger charge is 1.53. The monoisotopic (exact) mass is 65.1 g/mol. The highest BCUT2D eigenvalue weighted by atomic mass is 13.5. The fourth-order valence-corrected chi connectivity index (χ4v) is 0.167. The van der Waals surface area contributed by atoms with Crippen LogP contribution in [-0.2, 0) is 0 Å². The zero-order chi connectivity index (χ0) is 4.12. The molecule has 0 aromatic heterocycles. The first-order valence-electron chi connectivity index (χ1n) is 1.89. The van der Waals surface area contributed by atoms with Gasteiger partial charge >= 0.3 is 0 Å². The molecule has 0 saturated heterocycles. The van der Waals surface area contributed by atoms with Crippen LogP contribution in [0.4, 0.5) is 0 Å². The molecule has 0 unspecified atom stereocenters. The van der Waals surface area contributed by atoms with Gasteiger partial charge in [-0.2, -0.15) is 0 Å². The van der Waals surface area contributed by atoms with E-state index in [0.29, 0.717) is 0 Å². The first kappa shape index (κ1) is 5.13. The summed E-state index contributed by atoms with van der Waals surface area (Å²) >= 11 is 0. The molecule has 2 heteroatoms. The van der Waals surface area contributed by atoms with Crippen molar-refractivity contribution in [3.05, 3.63) is 0 Å². The lowest BCUT2D eigenvalue weighted by atomic mass is 9.73. The molecule has 0 rings (SSSR count). The molecular formula is C3H7B2-. The Hall–Kier alpha value is 0.130. The molecule has 0 atom stereocenters. The van der Waals surface area contributed by atoms with Crippen molar-refractivity contribution in [2.45, 2.75) is 19.5 Å². The second kappa shape index (κ2) is 4.13. The summed E-state index contributed by atoms with van der Waals surface area (Å²) in [6.07, 6.45) is 1.83. The molecule has 26 valence electrons. The molecule has 0 N–H and O–H groups in total. The van der Waals surface area contributed by atoms with Gasteiger partial charge in [0.05, 0.1) is 7.85 Å². The maximum Gasteiger partial charge on any atom is 0.0607 e. The van der Waals surface area contributed by atoms with Gasteiger partial charge in [0.15, 0.2) is 0 Å². The van der Waals surface area contributed by atoms with Crippen molar-refractivity contribution < 1.29 is 0 Å². The van der Waals surface area contributed by atoms with E-state index in [9.17, 15) is 0 Å². The molecule has 5 heavy (non-hydrogen) atoms. The third kappa shape index (κ3) is 4.13. The molecule has 0 aromatic carbocycles. The van der Waals surface area contributed by atoms with E-state index in [1.807, 2.05) is 6.82 Å². The Bertz CT molecular complexity index is 12.4. The van der Waals surface area contributed by atoms with Gasteiger partial charge in [-0.3, -0.25) is 13.1 Å². The van der Waals surface area contributed by atoms with Crippen LogP contribution in [0.15, 0.2) is 0 Å². The van der Waals surface area contributed by atoms with E-state index in [0.717, 1.165) is 12.6 Å². The maximum absolute atomic E-state index is 5.11. The minimum Gasteiger partial charge on any atom is -0.341 e. The van der Waals surface area contributed by atoms with Crippen LogP contribution in [0.25, 0.3) is 0 Å². The summed E-state index contributed by atoms with van der Waals surface area (Å²) in [4.78, 5) is 0. The van der Waals surface area contributed by atoms with Gasteiger partial charge in [-0.1, -0.05) is 0 Å². The van der Waals surface area contributed by atoms with Crippen LogP contribution in [0.2, 0.25) is 19.5 Å². The summed E-state index contributed by atoms with van der Waals surface area (Å²) < 4.78 is 0. The smallest absolute Gasteiger partial charge is 0.0607 e. The lowest BCUT2D eigenvalue weighted by Crippen LogP contribution is -1.75. The van der Waals surface area contributed by atoms with E-state index in [2.05, 4.69) is 7.28 Å². The van der Waals surface area contributed by atoms with Crippen molar-refractivity contribution in [2.24, 2.45) is 0 Å². The average molecular weight is 64.7 g/mol. The van der Waals surface area contributed by atoms with E-state index in [-0.39, 0.29) is 0 Å². The number of hydrogen-bond acceptors (Lipinski definition) is 0. The average Bonchev–Trinajstić information content (AvgIpc) is 1.41. The standard InChI is InChI=1S/C3H7B2/c1-5-3-2-4/h2-3H2,1H3/q-1. The van der Waals surface area contributed by atoms with Gasteiger partial charge in [-0.05, 0) is 0 Å². The first-order valence-corrected chi connectivity index (χ1v) is 1.89. The van der Waals surface area contributed by atoms with Crippen molar-refractivity contribution in [1.82, 2.24) is 0 Å². The second-order valence-electron chi connectivity index (χ2n) is 0.986. The fraction of sp³-hybridized carbons (Fsp3) is 1.00. The van der Waals surface area contributed by atoms with Crippen LogP contribution < -0.4 is 0 Å². The summed E-state index contributed by atoms with van der Waals surface area (Å²) in [6, 6.07) is 0. The first-order chi connectivity index (χ1) is 2.41. The third-order valence-electron chi connectivity index (χ3n) is 0.455. The fourth-order valence-electron chi connectivity index (χ4n) is 0.167. The van der Waals surface area contributed by atoms with Gasteiger partial charge in [0.1, 0.15) is 0 Å². The number of hydrogen-bond donors (Lipinski definition) is 0. The molecule has 0 fully saturated rings. The highest BCUT2D eigenvalue weighted by Crippen LogP contribution is 1.78. The van der Waals surface area contributed by atoms with E-state index in [1.54, 1.807) is 0 Å². The Morgan fingerprint density at radius 3 is 2.40 bits per heavy atom. The zero-order valence-corrected chi connectivity index (χ0v) is 3.57. The molecular weight excluding hydrogens is 57.7 g/mol. The molecule has 0 amide bonds. The molecule has 0 aliphatic rings. The maximum atomic E-state index is 5.11. The Kier molecular flexibility index (Phi) is 4.24. The molecule has 0 aliphatic heterocycles. The van der Waals surface area contributed by atoms with E-state index < -0.39 is 0 Å². The molecule has 0 bridgehead atoms. The predicted molar refractivity (Wildman–Crippen MR) is 27.0 cm³/mol. The highest BCUT2D eigenvalue weighted by molar-refractivity contribution is 6.35. The predicted octanol–water partition coefficient (Wildman–Crippen LogP) is 0.744. The molecule has 0 aromatic rings. The van der Waals surface area contributed by atoms with Gasteiger partial charge in [-0.15, -0.1) is 6.32 Å². The Balaban J connectivity index is 2.19. The molecule has 0 saturated carbocycles. The Morgan fingerprint density at radius 2 is 2.40 bits per heavy atom. The molecule has 0 heterocycles. The largest absolute Gasteiger partial charge is 0.341 e. The normalized spacial score (nSPS) is 8.20. The van der Waals surface area contributed by atoms with Gasteiger partial charge < -0.3 is 7.28 Å². The van der Waals surface area contributed by atoms with Crippen molar-refractivity contribution >= 4 is 15.1 Å². The van der Waals surface area contributed by atoms with Crippen molar-refractivity contribution in [3.8, 4) is 0 Å². The van der Waals surface area contributed by atoms with Crippen LogP contribution in [0.3, 0.4) is 0 Å². The summed E-state index contributed by atoms with van der Waals surface area (Å²) in [6.45, 7) is 2.01. The Morgan fingerprint density at radius 1 is 1.80 bits per heavy atom. The van der Waals surface area contributed by atoms with Crippen LogP contribution in [0.5, 0.6) is 0 Å². The van der Waals surface area contributed by atoms with Gasteiger partial charge in [0.25, 0.3) is 0 Å². The van der Waals surface area contributed by atoms with Crippen molar-refractivity contribution in [1.29, 1.82) is 0 Å². The lowest BCUT2D eigenvalue weighted by Gasteiger charge is -1.96. The van der Waals surface area contributed by atoms with Crippen molar-refractivity contribution in [2.75, 3.05) is 0 Å². The summed E-state index contributed by atoms with van der Waals surface area (Å²) in [5, 5.41) is 0. The lowest BCUT2D eigenvalue weighted by molar-refractivity contribution is 1.44. The minimum atomic E-state index is 0.788. The summed E-state index contributed by atoms with van der Waals surface area (Å²) in [7, 11) is 7.16. The van der Waals surface area contributed by atoms with Gasteiger partial charge in [0.2, 0.25) is 0 Å². The van der Waals surface area contributed by atoms with Crippen molar-refractivity contribution in [3.63, 3.8) is 0 Å². The Labute approximate surface area is 35.6 Å². The minimum absolute atomic E-state index is 0.788. The van der Waals surface area contributed by atoms with Gasteiger partial charge in [0, 0.05) is 0 Å². The second-order valence-corrected chi connectivity index (χ2v) is 0.986. The molecule has 0 nitrogen and oxygen atoms in total. The molecule has 0 spiro atoms. The topological polar surface area (TPSA) is 0 Å².